The summed E-state index contributed by atoms with van der Waals surface area (Å²) >= 11 is -0.106. The summed E-state index contributed by atoms with van der Waals surface area (Å²) in [5.41, 5.74) is 0. The van der Waals surface area contributed by atoms with Gasteiger partial charge < -0.3 is 6.42 Å². The van der Waals surface area contributed by atoms with Gasteiger partial charge in [0.1, 0.15) is 0 Å². The van der Waals surface area contributed by atoms with Crippen LogP contribution in [0.2, 0.25) is 0 Å². The Hall–Kier alpha value is 0.112. The maximum absolute atomic E-state index is 4.81. The van der Waals surface area contributed by atoms with Gasteiger partial charge in [-0.2, -0.15) is 12.8 Å². The first-order valence-electron chi connectivity index (χ1n) is 6.88. The van der Waals surface area contributed by atoms with Gasteiger partial charge in [-0.15, -0.1) is 0 Å². The Kier molecular flexibility index (Phi) is 12.5. The molecule has 0 heterocycles. The van der Waals surface area contributed by atoms with E-state index in [0.29, 0.717) is 0 Å². The van der Waals surface area contributed by atoms with Crippen molar-refractivity contribution in [1.82, 2.24) is 0 Å². The summed E-state index contributed by atoms with van der Waals surface area (Å²) in [5, 5.41) is 2.79. The van der Waals surface area contributed by atoms with Crippen LogP contribution in [0.3, 0.4) is 0 Å². The standard InChI is InChI=1S/C12H11P.C5H9.2ClH.Pd/c1-3-7-11(8-4-1)13-12-9-5-2-6-10-12;1-2-4-5-3-1;;;/h1-10,13H;1H,2-5H2;2*1H;/q;-1;;;+2/p-2. The van der Waals surface area contributed by atoms with E-state index < -0.39 is 0 Å². The Labute approximate surface area is 146 Å². The maximum Gasteiger partial charge on any atom is -0.0226 e. The van der Waals surface area contributed by atoms with Crippen LogP contribution in [-0.2, 0) is 15.9 Å². The van der Waals surface area contributed by atoms with Gasteiger partial charge in [-0.3, -0.25) is 0 Å². The average Bonchev–Trinajstić information content (AvgIpc) is 3.10. The molecule has 1 aliphatic rings. The minimum absolute atomic E-state index is 0.106. The molecule has 1 aliphatic carbocycles. The molecule has 0 atom stereocenters. The fourth-order valence-corrected chi connectivity index (χ4v) is 2.98. The summed E-state index contributed by atoms with van der Waals surface area (Å²) < 4.78 is 0. The second-order valence-electron chi connectivity index (χ2n) is 4.48. The topological polar surface area (TPSA) is 0 Å². The minimum atomic E-state index is -0.106. The number of benzene rings is 2. The van der Waals surface area contributed by atoms with E-state index in [-0.39, 0.29) is 15.9 Å². The second-order valence-corrected chi connectivity index (χ2v) is 8.24. The summed E-state index contributed by atoms with van der Waals surface area (Å²) in [6.07, 6.45) is 8.00. The number of halogens is 2. The number of hydrogen-bond donors (Lipinski definition) is 0. The first-order chi connectivity index (χ1) is 10.4. The molecule has 118 valence electrons. The molecule has 2 aromatic carbocycles. The molecule has 0 aromatic heterocycles. The molecule has 0 saturated heterocycles. The molecular formula is C17H20Cl2PPd-. The predicted octanol–water partition coefficient (Wildman–Crippen LogP) is 5.46. The van der Waals surface area contributed by atoms with Gasteiger partial charge in [0.2, 0.25) is 0 Å². The van der Waals surface area contributed by atoms with E-state index in [9.17, 15) is 0 Å². The Morgan fingerprint density at radius 2 is 1.14 bits per heavy atom. The van der Waals surface area contributed by atoms with Gasteiger partial charge >= 0.3 is 35.0 Å². The van der Waals surface area contributed by atoms with Gasteiger partial charge in [0, 0.05) is 0 Å². The van der Waals surface area contributed by atoms with E-state index in [0.717, 1.165) is 8.58 Å². The van der Waals surface area contributed by atoms with Crippen molar-refractivity contribution in [3.05, 3.63) is 67.1 Å². The molecule has 2 aromatic rings. The van der Waals surface area contributed by atoms with Crippen LogP contribution in [0.5, 0.6) is 0 Å². The van der Waals surface area contributed by atoms with Crippen molar-refractivity contribution in [3.63, 3.8) is 0 Å². The number of hydrogen-bond acceptors (Lipinski definition) is 0. The summed E-state index contributed by atoms with van der Waals surface area (Å²) in [6.45, 7) is 0. The summed E-state index contributed by atoms with van der Waals surface area (Å²) in [4.78, 5) is 0. The van der Waals surface area contributed by atoms with Crippen LogP contribution in [0, 0.1) is 6.42 Å². The first-order valence-corrected chi connectivity index (χ1v) is 11.9. The van der Waals surface area contributed by atoms with Crippen molar-refractivity contribution in [1.29, 1.82) is 0 Å². The summed E-state index contributed by atoms with van der Waals surface area (Å²) in [5.74, 6) is 0. The maximum atomic E-state index is 4.81. The molecule has 4 heteroatoms. The molecule has 1 saturated carbocycles. The van der Waals surface area contributed by atoms with Gasteiger partial charge in [-0.05, 0) is 10.6 Å². The van der Waals surface area contributed by atoms with Crippen LogP contribution < -0.4 is 10.6 Å². The average molecular weight is 433 g/mol. The van der Waals surface area contributed by atoms with E-state index in [1.54, 1.807) is 0 Å². The quantitative estimate of drug-likeness (QED) is 0.336. The van der Waals surface area contributed by atoms with E-state index in [2.05, 4.69) is 67.1 Å². The Balaban J connectivity index is 0.000000228. The van der Waals surface area contributed by atoms with Gasteiger partial charge in [-0.25, -0.2) is 0 Å². The van der Waals surface area contributed by atoms with Crippen LogP contribution >= 0.6 is 27.6 Å². The zero-order valence-corrected chi connectivity index (χ0v) is 15.8. The van der Waals surface area contributed by atoms with Gasteiger partial charge in [0.15, 0.2) is 0 Å². The third kappa shape index (κ3) is 10.5. The normalized spacial score (nSPS) is 12.9. The predicted molar refractivity (Wildman–Crippen MR) is 94.9 cm³/mol. The van der Waals surface area contributed by atoms with E-state index in [4.69, 9.17) is 19.1 Å². The van der Waals surface area contributed by atoms with Crippen LogP contribution in [0.15, 0.2) is 60.7 Å². The monoisotopic (exact) mass is 431 g/mol. The van der Waals surface area contributed by atoms with Crippen molar-refractivity contribution in [2.75, 3.05) is 0 Å². The van der Waals surface area contributed by atoms with E-state index in [1.807, 2.05) is 0 Å². The smallest absolute Gasteiger partial charge is 0.0226 e. The molecular weight excluding hydrogens is 412 g/mol. The third-order valence-corrected chi connectivity index (χ3v) is 4.15. The fourth-order valence-electron chi connectivity index (χ4n) is 1.93. The molecule has 0 radical (unpaired) electrons. The Morgan fingerprint density at radius 3 is 1.43 bits per heavy atom. The molecule has 1 fully saturated rings. The number of rotatable bonds is 2. The zero-order valence-electron chi connectivity index (χ0n) is 11.8. The molecule has 0 spiro atoms. The zero-order chi connectivity index (χ0) is 15.2. The van der Waals surface area contributed by atoms with Crippen molar-refractivity contribution < 1.29 is 15.9 Å². The van der Waals surface area contributed by atoms with Gasteiger partial charge in [0.25, 0.3) is 0 Å². The molecule has 0 nitrogen and oxygen atoms in total. The molecule has 21 heavy (non-hydrogen) atoms. The molecule has 0 bridgehead atoms. The van der Waals surface area contributed by atoms with Crippen molar-refractivity contribution in [2.24, 2.45) is 0 Å². The van der Waals surface area contributed by atoms with Crippen LogP contribution in [0.1, 0.15) is 25.7 Å². The SMILES string of the molecule is [CH-]1CCCC1.[Cl][Pd][Cl].c1ccc(Pc2ccccc2)cc1. The van der Waals surface area contributed by atoms with Crippen molar-refractivity contribution in [2.45, 2.75) is 25.7 Å². The summed E-state index contributed by atoms with van der Waals surface area (Å²) in [6, 6.07) is 21.2. The van der Waals surface area contributed by atoms with Crippen LogP contribution in [0.4, 0.5) is 0 Å². The largest absolute Gasteiger partial charge is 0.0622 e. The summed E-state index contributed by atoms with van der Waals surface area (Å²) in [7, 11) is 10.4. The molecule has 0 N–H and O–H groups in total. The van der Waals surface area contributed by atoms with Crippen LogP contribution in [0.25, 0.3) is 0 Å². The fraction of sp³-hybridized carbons (Fsp3) is 0.235. The van der Waals surface area contributed by atoms with Crippen LogP contribution in [-0.4, -0.2) is 0 Å². The van der Waals surface area contributed by atoms with Gasteiger partial charge in [0.05, 0.1) is 0 Å². The Bertz CT molecular complexity index is 402. The minimum Gasteiger partial charge on any atom is -0.0622 e. The van der Waals surface area contributed by atoms with Gasteiger partial charge in [-0.1, -0.05) is 82.1 Å². The first kappa shape index (κ1) is 19.2. The van der Waals surface area contributed by atoms with E-state index in [1.165, 1.54) is 36.3 Å². The van der Waals surface area contributed by atoms with E-state index >= 15 is 0 Å². The Morgan fingerprint density at radius 1 is 0.762 bits per heavy atom. The van der Waals surface area contributed by atoms with Crippen molar-refractivity contribution in [3.8, 4) is 0 Å². The third-order valence-electron chi connectivity index (χ3n) is 2.90. The molecule has 3 rings (SSSR count). The van der Waals surface area contributed by atoms with Crippen molar-refractivity contribution >= 4 is 38.2 Å². The second kappa shape index (κ2) is 13.8. The molecule has 0 amide bonds. The molecule has 0 aliphatic heterocycles. The molecule has 0 unspecified atom stereocenters.